The minimum atomic E-state index is 0.944. The lowest BCUT2D eigenvalue weighted by Crippen LogP contribution is -2.13. The largest absolute Gasteiger partial charge is 0.313 e. The summed E-state index contributed by atoms with van der Waals surface area (Å²) in [6.45, 7) is 4.19. The van der Waals surface area contributed by atoms with Crippen LogP contribution in [0.3, 0.4) is 0 Å². The van der Waals surface area contributed by atoms with Crippen LogP contribution in [0.5, 0.6) is 0 Å². The molecule has 2 aromatic rings. The quantitative estimate of drug-likeness (QED) is 0.753. The zero-order valence-electron chi connectivity index (χ0n) is 9.53. The topological polar surface area (TPSA) is 40.7 Å². The standard InChI is InChI=1S/C13H17N3/c1-2-7-14-8-11-3-5-12(6-4-11)13-9-15-16-10-13/h3-6,9-10,14H,2,7-8H2,1H3,(H,15,16). The van der Waals surface area contributed by atoms with E-state index in [2.05, 4.69) is 46.7 Å². The van der Waals surface area contributed by atoms with Crippen molar-refractivity contribution < 1.29 is 0 Å². The van der Waals surface area contributed by atoms with Crippen LogP contribution < -0.4 is 5.32 Å². The van der Waals surface area contributed by atoms with Gasteiger partial charge in [-0.05, 0) is 24.1 Å². The van der Waals surface area contributed by atoms with Crippen molar-refractivity contribution in [2.75, 3.05) is 6.54 Å². The van der Waals surface area contributed by atoms with Gasteiger partial charge in [0.1, 0.15) is 0 Å². The van der Waals surface area contributed by atoms with E-state index in [1.165, 1.54) is 17.5 Å². The van der Waals surface area contributed by atoms with Gasteiger partial charge in [-0.1, -0.05) is 31.2 Å². The number of hydrogen-bond donors (Lipinski definition) is 2. The van der Waals surface area contributed by atoms with Gasteiger partial charge in [0, 0.05) is 18.3 Å². The highest BCUT2D eigenvalue weighted by Gasteiger charge is 1.98. The van der Waals surface area contributed by atoms with Crippen molar-refractivity contribution in [1.29, 1.82) is 0 Å². The van der Waals surface area contributed by atoms with Gasteiger partial charge in [-0.2, -0.15) is 5.10 Å². The van der Waals surface area contributed by atoms with Gasteiger partial charge < -0.3 is 5.32 Å². The fraction of sp³-hybridized carbons (Fsp3) is 0.308. The Hall–Kier alpha value is -1.61. The molecule has 0 atom stereocenters. The minimum absolute atomic E-state index is 0.944. The van der Waals surface area contributed by atoms with Gasteiger partial charge in [0.2, 0.25) is 0 Å². The lowest BCUT2D eigenvalue weighted by molar-refractivity contribution is 0.675. The Morgan fingerprint density at radius 3 is 2.62 bits per heavy atom. The number of aromatic nitrogens is 2. The molecule has 0 spiro atoms. The van der Waals surface area contributed by atoms with E-state index in [9.17, 15) is 0 Å². The fourth-order valence-electron chi connectivity index (χ4n) is 1.63. The summed E-state index contributed by atoms with van der Waals surface area (Å²) in [5.41, 5.74) is 3.65. The van der Waals surface area contributed by atoms with Gasteiger partial charge in [0.05, 0.1) is 6.20 Å². The molecule has 0 aliphatic heterocycles. The average Bonchev–Trinajstić information content (AvgIpc) is 2.84. The van der Waals surface area contributed by atoms with Crippen molar-refractivity contribution in [1.82, 2.24) is 15.5 Å². The van der Waals surface area contributed by atoms with Gasteiger partial charge in [0.15, 0.2) is 0 Å². The number of aromatic amines is 1. The van der Waals surface area contributed by atoms with Crippen LogP contribution in [0.25, 0.3) is 11.1 Å². The Bertz CT molecular complexity index is 403. The molecular formula is C13H17N3. The van der Waals surface area contributed by atoms with Crippen molar-refractivity contribution in [3.8, 4) is 11.1 Å². The molecule has 3 heteroatoms. The Morgan fingerprint density at radius 2 is 2.00 bits per heavy atom. The number of nitrogens with zero attached hydrogens (tertiary/aromatic N) is 1. The number of nitrogens with one attached hydrogen (secondary N) is 2. The van der Waals surface area contributed by atoms with Gasteiger partial charge in [-0.25, -0.2) is 0 Å². The normalized spacial score (nSPS) is 10.6. The van der Waals surface area contributed by atoms with E-state index in [0.717, 1.165) is 18.7 Å². The Balaban J connectivity index is 2.00. The van der Waals surface area contributed by atoms with Crippen LogP contribution in [0.15, 0.2) is 36.7 Å². The molecule has 0 fully saturated rings. The Kier molecular flexibility index (Phi) is 3.72. The first-order chi connectivity index (χ1) is 7.90. The summed E-state index contributed by atoms with van der Waals surface area (Å²) in [6.07, 6.45) is 4.92. The van der Waals surface area contributed by atoms with E-state index in [1.807, 2.05) is 12.4 Å². The number of H-pyrrole nitrogens is 1. The highest BCUT2D eigenvalue weighted by atomic mass is 15.1. The molecular weight excluding hydrogens is 198 g/mol. The third-order valence-corrected chi connectivity index (χ3v) is 2.54. The molecule has 0 unspecified atom stereocenters. The van der Waals surface area contributed by atoms with Crippen molar-refractivity contribution in [2.24, 2.45) is 0 Å². The summed E-state index contributed by atoms with van der Waals surface area (Å²) in [5.74, 6) is 0. The smallest absolute Gasteiger partial charge is 0.0565 e. The van der Waals surface area contributed by atoms with Crippen molar-refractivity contribution in [2.45, 2.75) is 19.9 Å². The van der Waals surface area contributed by atoms with Crippen LogP contribution in [0, 0.1) is 0 Å². The second-order valence-corrected chi connectivity index (χ2v) is 3.86. The van der Waals surface area contributed by atoms with Crippen molar-refractivity contribution >= 4 is 0 Å². The molecule has 0 aliphatic carbocycles. The molecule has 0 radical (unpaired) electrons. The van der Waals surface area contributed by atoms with E-state index < -0.39 is 0 Å². The second-order valence-electron chi connectivity index (χ2n) is 3.86. The molecule has 2 rings (SSSR count). The van der Waals surface area contributed by atoms with Crippen molar-refractivity contribution in [3.05, 3.63) is 42.2 Å². The van der Waals surface area contributed by atoms with Crippen LogP contribution in [-0.2, 0) is 6.54 Å². The van der Waals surface area contributed by atoms with Gasteiger partial charge in [-0.3, -0.25) is 5.10 Å². The van der Waals surface area contributed by atoms with E-state index in [-0.39, 0.29) is 0 Å². The predicted octanol–water partition coefficient (Wildman–Crippen LogP) is 2.58. The molecule has 16 heavy (non-hydrogen) atoms. The third kappa shape index (κ3) is 2.70. The van der Waals surface area contributed by atoms with Crippen LogP contribution in [0.1, 0.15) is 18.9 Å². The molecule has 0 saturated carbocycles. The molecule has 0 saturated heterocycles. The zero-order chi connectivity index (χ0) is 11.2. The lowest BCUT2D eigenvalue weighted by atomic mass is 10.1. The third-order valence-electron chi connectivity index (χ3n) is 2.54. The Morgan fingerprint density at radius 1 is 1.19 bits per heavy atom. The SMILES string of the molecule is CCCNCc1ccc(-c2cn[nH]c2)cc1. The second kappa shape index (κ2) is 5.47. The monoisotopic (exact) mass is 215 g/mol. The summed E-state index contributed by atoms with van der Waals surface area (Å²) in [6, 6.07) is 8.58. The van der Waals surface area contributed by atoms with E-state index in [1.54, 1.807) is 0 Å². The molecule has 2 N–H and O–H groups in total. The first kappa shape index (κ1) is 10.9. The first-order valence-corrected chi connectivity index (χ1v) is 5.69. The number of hydrogen-bond acceptors (Lipinski definition) is 2. The van der Waals surface area contributed by atoms with Crippen LogP contribution >= 0.6 is 0 Å². The summed E-state index contributed by atoms with van der Waals surface area (Å²) < 4.78 is 0. The van der Waals surface area contributed by atoms with Gasteiger partial charge >= 0.3 is 0 Å². The highest BCUT2D eigenvalue weighted by molar-refractivity contribution is 5.61. The molecule has 0 aliphatic rings. The molecule has 1 aromatic heterocycles. The summed E-state index contributed by atoms with van der Waals surface area (Å²) >= 11 is 0. The maximum Gasteiger partial charge on any atom is 0.0565 e. The molecule has 84 valence electrons. The highest BCUT2D eigenvalue weighted by Crippen LogP contribution is 2.17. The van der Waals surface area contributed by atoms with Crippen LogP contribution in [-0.4, -0.2) is 16.7 Å². The minimum Gasteiger partial charge on any atom is -0.313 e. The van der Waals surface area contributed by atoms with Crippen LogP contribution in [0.4, 0.5) is 0 Å². The molecule has 1 heterocycles. The van der Waals surface area contributed by atoms with E-state index >= 15 is 0 Å². The number of benzene rings is 1. The molecule has 0 amide bonds. The number of rotatable bonds is 5. The Labute approximate surface area is 95.9 Å². The zero-order valence-corrected chi connectivity index (χ0v) is 9.53. The van der Waals surface area contributed by atoms with Gasteiger partial charge in [0.25, 0.3) is 0 Å². The summed E-state index contributed by atoms with van der Waals surface area (Å²) in [5, 5.41) is 10.2. The summed E-state index contributed by atoms with van der Waals surface area (Å²) in [7, 11) is 0. The van der Waals surface area contributed by atoms with Crippen LogP contribution in [0.2, 0.25) is 0 Å². The predicted molar refractivity (Wildman–Crippen MR) is 66.0 cm³/mol. The lowest BCUT2D eigenvalue weighted by Gasteiger charge is -2.04. The molecule has 3 nitrogen and oxygen atoms in total. The summed E-state index contributed by atoms with van der Waals surface area (Å²) in [4.78, 5) is 0. The van der Waals surface area contributed by atoms with E-state index in [0.29, 0.717) is 0 Å². The van der Waals surface area contributed by atoms with Gasteiger partial charge in [-0.15, -0.1) is 0 Å². The average molecular weight is 215 g/mol. The fourth-order valence-corrected chi connectivity index (χ4v) is 1.63. The molecule has 0 bridgehead atoms. The maximum atomic E-state index is 3.94. The van der Waals surface area contributed by atoms with Crippen molar-refractivity contribution in [3.63, 3.8) is 0 Å². The maximum absolute atomic E-state index is 3.94. The van der Waals surface area contributed by atoms with E-state index in [4.69, 9.17) is 0 Å². The molecule has 1 aromatic carbocycles. The first-order valence-electron chi connectivity index (χ1n) is 5.69.